The van der Waals surface area contributed by atoms with E-state index in [4.69, 9.17) is 0 Å². The molecule has 4 heteroatoms. The molecule has 2 aliphatic rings. The third-order valence-electron chi connectivity index (χ3n) is 4.04. The molecule has 0 aromatic rings. The van der Waals surface area contributed by atoms with Gasteiger partial charge in [-0.05, 0) is 39.0 Å². The second kappa shape index (κ2) is 5.83. The van der Waals surface area contributed by atoms with Crippen molar-refractivity contribution in [3.8, 4) is 0 Å². The molecular weight excluding hydrogens is 216 g/mol. The summed E-state index contributed by atoms with van der Waals surface area (Å²) >= 11 is 0. The number of rotatable bonds is 2. The highest BCUT2D eigenvalue weighted by Gasteiger charge is 2.26. The fourth-order valence-corrected chi connectivity index (χ4v) is 2.83. The predicted octanol–water partition coefficient (Wildman–Crippen LogP) is 0.844. The maximum absolute atomic E-state index is 12.2. The molecule has 0 aromatic heterocycles. The fourth-order valence-electron chi connectivity index (χ4n) is 2.83. The van der Waals surface area contributed by atoms with E-state index in [2.05, 4.69) is 11.8 Å². The minimum Gasteiger partial charge on any atom is -0.393 e. The van der Waals surface area contributed by atoms with Crippen molar-refractivity contribution in [1.29, 1.82) is 0 Å². The minimum atomic E-state index is -0.157. The summed E-state index contributed by atoms with van der Waals surface area (Å²) in [6, 6.07) is 0.409. The van der Waals surface area contributed by atoms with Gasteiger partial charge in [-0.25, -0.2) is 0 Å². The van der Waals surface area contributed by atoms with Crippen LogP contribution in [0.25, 0.3) is 0 Å². The first kappa shape index (κ1) is 12.8. The maximum atomic E-state index is 12.2. The van der Waals surface area contributed by atoms with Crippen LogP contribution in [0.2, 0.25) is 0 Å². The number of carbonyl (C=O) groups is 1. The van der Waals surface area contributed by atoms with Crippen LogP contribution >= 0.6 is 0 Å². The maximum Gasteiger partial charge on any atom is 0.236 e. The molecule has 1 amide bonds. The molecule has 2 aliphatic heterocycles. The van der Waals surface area contributed by atoms with Gasteiger partial charge in [0.15, 0.2) is 0 Å². The van der Waals surface area contributed by atoms with Gasteiger partial charge < -0.3 is 10.0 Å². The summed E-state index contributed by atoms with van der Waals surface area (Å²) in [6.45, 7) is 5.33. The second-order valence-electron chi connectivity index (χ2n) is 5.44. The number of piperidine rings is 2. The summed E-state index contributed by atoms with van der Waals surface area (Å²) in [5.74, 6) is 0.272. The molecule has 0 bridgehead atoms. The molecule has 1 N–H and O–H groups in total. The highest BCUT2D eigenvalue weighted by atomic mass is 16.3. The Morgan fingerprint density at radius 3 is 2.53 bits per heavy atom. The van der Waals surface area contributed by atoms with Crippen molar-refractivity contribution < 1.29 is 9.90 Å². The first-order valence-electron chi connectivity index (χ1n) is 6.86. The molecule has 0 aromatic carbocycles. The number of amides is 1. The van der Waals surface area contributed by atoms with Gasteiger partial charge in [-0.1, -0.05) is 0 Å². The molecule has 2 saturated heterocycles. The smallest absolute Gasteiger partial charge is 0.236 e. The largest absolute Gasteiger partial charge is 0.393 e. The van der Waals surface area contributed by atoms with Crippen LogP contribution in [0.15, 0.2) is 0 Å². The van der Waals surface area contributed by atoms with Gasteiger partial charge in [0.2, 0.25) is 5.91 Å². The molecule has 2 rings (SSSR count). The molecule has 98 valence electrons. The summed E-state index contributed by atoms with van der Waals surface area (Å²) in [7, 11) is 0. The summed E-state index contributed by atoms with van der Waals surface area (Å²) in [4.78, 5) is 16.4. The molecule has 17 heavy (non-hydrogen) atoms. The van der Waals surface area contributed by atoms with Crippen molar-refractivity contribution in [2.24, 2.45) is 0 Å². The third-order valence-corrected chi connectivity index (χ3v) is 4.04. The minimum absolute atomic E-state index is 0.157. The van der Waals surface area contributed by atoms with Gasteiger partial charge in [-0.15, -0.1) is 0 Å². The molecule has 0 saturated carbocycles. The van der Waals surface area contributed by atoms with E-state index >= 15 is 0 Å². The molecule has 1 unspecified atom stereocenters. The highest BCUT2D eigenvalue weighted by molar-refractivity contribution is 5.78. The topological polar surface area (TPSA) is 43.8 Å². The zero-order chi connectivity index (χ0) is 12.3. The zero-order valence-electron chi connectivity index (χ0n) is 10.8. The number of carbonyl (C=O) groups excluding carboxylic acids is 1. The number of aliphatic hydroxyl groups excluding tert-OH is 1. The Labute approximate surface area is 104 Å². The molecular formula is C13H24N2O2. The number of likely N-dealkylation sites (tertiary alicyclic amines) is 2. The van der Waals surface area contributed by atoms with Crippen LogP contribution in [0, 0.1) is 0 Å². The molecule has 0 radical (unpaired) electrons. The molecule has 0 spiro atoms. The quantitative estimate of drug-likeness (QED) is 0.778. The Morgan fingerprint density at radius 1 is 1.18 bits per heavy atom. The molecule has 2 fully saturated rings. The second-order valence-corrected chi connectivity index (χ2v) is 5.44. The van der Waals surface area contributed by atoms with Crippen LogP contribution in [-0.4, -0.2) is 59.1 Å². The van der Waals surface area contributed by atoms with Crippen LogP contribution in [0.4, 0.5) is 0 Å². The predicted molar refractivity (Wildman–Crippen MR) is 66.7 cm³/mol. The van der Waals surface area contributed by atoms with E-state index in [-0.39, 0.29) is 12.0 Å². The van der Waals surface area contributed by atoms with E-state index in [1.807, 2.05) is 4.90 Å². The summed E-state index contributed by atoms with van der Waals surface area (Å²) in [5.41, 5.74) is 0. The van der Waals surface area contributed by atoms with Gasteiger partial charge in [0.25, 0.3) is 0 Å². The zero-order valence-corrected chi connectivity index (χ0v) is 10.8. The van der Waals surface area contributed by atoms with Crippen LogP contribution in [0.1, 0.15) is 39.0 Å². The lowest BCUT2D eigenvalue weighted by atomic mass is 10.0. The SMILES string of the molecule is CC1CCCCN1C(=O)CN1CCC(O)CC1. The van der Waals surface area contributed by atoms with Gasteiger partial charge in [0, 0.05) is 25.7 Å². The number of aliphatic hydroxyl groups is 1. The van der Waals surface area contributed by atoms with Gasteiger partial charge in [0.1, 0.15) is 0 Å². The normalized spacial score (nSPS) is 28.4. The Hall–Kier alpha value is -0.610. The van der Waals surface area contributed by atoms with Gasteiger partial charge in [-0.2, -0.15) is 0 Å². The highest BCUT2D eigenvalue weighted by Crippen LogP contribution is 2.17. The molecule has 1 atom stereocenters. The average Bonchev–Trinajstić information content (AvgIpc) is 2.32. The lowest BCUT2D eigenvalue weighted by Gasteiger charge is -2.36. The lowest BCUT2D eigenvalue weighted by molar-refractivity contribution is -0.136. The number of hydrogen-bond acceptors (Lipinski definition) is 3. The molecule has 2 heterocycles. The van der Waals surface area contributed by atoms with Crippen molar-refractivity contribution in [3.05, 3.63) is 0 Å². The number of hydrogen-bond donors (Lipinski definition) is 1. The number of nitrogens with zero attached hydrogens (tertiary/aromatic N) is 2. The van der Waals surface area contributed by atoms with Crippen molar-refractivity contribution in [2.75, 3.05) is 26.2 Å². The first-order valence-corrected chi connectivity index (χ1v) is 6.86. The van der Waals surface area contributed by atoms with E-state index in [1.54, 1.807) is 0 Å². The Bertz CT molecular complexity index is 262. The monoisotopic (exact) mass is 240 g/mol. The van der Waals surface area contributed by atoms with Crippen LogP contribution in [0.5, 0.6) is 0 Å². The van der Waals surface area contributed by atoms with E-state index in [1.165, 1.54) is 6.42 Å². The average molecular weight is 240 g/mol. The van der Waals surface area contributed by atoms with Gasteiger partial charge in [0.05, 0.1) is 12.6 Å². The van der Waals surface area contributed by atoms with Crippen molar-refractivity contribution in [1.82, 2.24) is 9.80 Å². The van der Waals surface area contributed by atoms with Crippen LogP contribution in [0.3, 0.4) is 0 Å². The standard InChI is InChI=1S/C13H24N2O2/c1-11-4-2-3-7-15(11)13(17)10-14-8-5-12(16)6-9-14/h11-12,16H,2-10H2,1H3. The van der Waals surface area contributed by atoms with Gasteiger partial charge in [-0.3, -0.25) is 9.69 Å². The third kappa shape index (κ3) is 3.42. The van der Waals surface area contributed by atoms with Gasteiger partial charge >= 0.3 is 0 Å². The van der Waals surface area contributed by atoms with Crippen molar-refractivity contribution in [2.45, 2.75) is 51.2 Å². The van der Waals surface area contributed by atoms with Crippen molar-refractivity contribution in [3.63, 3.8) is 0 Å². The lowest BCUT2D eigenvalue weighted by Crippen LogP contribution is -2.48. The van der Waals surface area contributed by atoms with Crippen LogP contribution < -0.4 is 0 Å². The Balaban J connectivity index is 1.79. The van der Waals surface area contributed by atoms with E-state index in [0.29, 0.717) is 12.6 Å². The van der Waals surface area contributed by atoms with Crippen molar-refractivity contribution >= 4 is 5.91 Å². The summed E-state index contributed by atoms with van der Waals surface area (Å²) in [6.07, 6.45) is 5.00. The Kier molecular flexibility index (Phi) is 4.40. The summed E-state index contributed by atoms with van der Waals surface area (Å²) < 4.78 is 0. The first-order chi connectivity index (χ1) is 8.16. The Morgan fingerprint density at radius 2 is 1.88 bits per heavy atom. The van der Waals surface area contributed by atoms with Crippen LogP contribution in [-0.2, 0) is 4.79 Å². The fraction of sp³-hybridized carbons (Fsp3) is 0.923. The molecule has 0 aliphatic carbocycles. The van der Waals surface area contributed by atoms with E-state index < -0.39 is 0 Å². The molecule has 4 nitrogen and oxygen atoms in total. The summed E-state index contributed by atoms with van der Waals surface area (Å²) in [5, 5.41) is 9.43. The van der Waals surface area contributed by atoms with E-state index in [9.17, 15) is 9.90 Å². The van der Waals surface area contributed by atoms with E-state index in [0.717, 1.165) is 45.3 Å².